The number of pyridine rings is 2. The number of nitrogens with two attached hydrogens (primary N) is 1. The molecule has 0 saturated carbocycles. The monoisotopic (exact) mass is 592 g/mol. The summed E-state index contributed by atoms with van der Waals surface area (Å²) in [4.78, 5) is 24.3. The van der Waals surface area contributed by atoms with Crippen LogP contribution in [0.25, 0.3) is 0 Å². The van der Waals surface area contributed by atoms with Crippen molar-refractivity contribution < 1.29 is 63.7 Å². The maximum Gasteiger partial charge on any atom is 3.00 e. The minimum absolute atomic E-state index is 0. The van der Waals surface area contributed by atoms with Gasteiger partial charge in [-0.15, -0.1) is 5.10 Å². The Kier molecular flexibility index (Phi) is 28.3. The van der Waals surface area contributed by atoms with Gasteiger partial charge in [0.25, 0.3) is 0 Å². The zero-order valence-electron chi connectivity index (χ0n) is 15.9. The maximum atomic E-state index is 11.6. The van der Waals surface area contributed by atoms with E-state index in [0.29, 0.717) is 11.3 Å². The number of aliphatic hydroxyl groups excluding tert-OH is 2. The van der Waals surface area contributed by atoms with Gasteiger partial charge in [0.2, 0.25) is 0 Å². The molecule has 1 radical (unpaired) electrons. The summed E-state index contributed by atoms with van der Waals surface area (Å²) in [6.45, 7) is 0. The third-order valence-electron chi connectivity index (χ3n) is 2.08. The smallest absolute Gasteiger partial charge is 0.857 e. The summed E-state index contributed by atoms with van der Waals surface area (Å²) in [6, 6.07) is 8.46. The molecule has 17 heteroatoms. The van der Waals surface area contributed by atoms with Crippen molar-refractivity contribution in [1.82, 2.24) is 9.97 Å². The van der Waals surface area contributed by atoms with Gasteiger partial charge in [0, 0.05) is 44.3 Å². The van der Waals surface area contributed by atoms with Crippen molar-refractivity contribution in [3.63, 3.8) is 0 Å². The van der Waals surface area contributed by atoms with Crippen LogP contribution in [0.4, 0.5) is 0 Å². The molecule has 0 aromatic carbocycles. The summed E-state index contributed by atoms with van der Waals surface area (Å²) in [5.41, 5.74) is 6.48. The standard InChI is InChI=1S/C12H11N5O.2CH4O.Dy.2NO3/c13-11(10-5-1-2-7-15-10)16-17-12(18)9-4-3-6-14-8-9;2*1-2;;2*2-1(3)4/h1-8H,(H2,13,16)(H,17,18);2*2H,1H3;;;/q;;;+3;2*-1/p-1. The first kappa shape index (κ1) is 35.3. The van der Waals surface area contributed by atoms with Crippen LogP contribution in [-0.4, -0.2) is 56.3 Å². The van der Waals surface area contributed by atoms with Crippen LogP contribution < -0.4 is 10.8 Å². The molecule has 0 spiro atoms. The molecule has 0 saturated heterocycles. The quantitative estimate of drug-likeness (QED) is 0.162. The molecule has 31 heavy (non-hydrogen) atoms. The Bertz CT molecular complexity index is 692. The number of aromatic nitrogens is 2. The number of hydrogen-bond donors (Lipinski definition) is 3. The average molecular weight is 591 g/mol. The van der Waals surface area contributed by atoms with E-state index in [2.05, 4.69) is 20.2 Å². The predicted octanol–water partition coefficient (Wildman–Crippen LogP) is -1.36. The van der Waals surface area contributed by atoms with Gasteiger partial charge in [0.15, 0.2) is 5.84 Å². The molecule has 0 aliphatic rings. The molecule has 2 aromatic rings. The number of aliphatic hydroxyl groups is 2. The van der Waals surface area contributed by atoms with E-state index in [9.17, 15) is 5.11 Å². The van der Waals surface area contributed by atoms with Gasteiger partial charge in [-0.2, -0.15) is 5.10 Å². The third kappa shape index (κ3) is 24.8. The third-order valence-corrected chi connectivity index (χ3v) is 2.08. The van der Waals surface area contributed by atoms with Crippen LogP contribution in [0.2, 0.25) is 0 Å². The van der Waals surface area contributed by atoms with Crippen LogP contribution in [-0.2, 0) is 0 Å². The SMILES string of the molecule is CO.CO.N/C(=N\N=C(/[O-])c1cccnc1)c1ccccn1.O=[N+]([O-])[O-].O=[N+]([O-])[O-].[Dy+3]. The Labute approximate surface area is 205 Å². The molecule has 2 aromatic heterocycles. The van der Waals surface area contributed by atoms with Crippen LogP contribution in [0.5, 0.6) is 0 Å². The first-order valence-corrected chi connectivity index (χ1v) is 7.16. The van der Waals surface area contributed by atoms with E-state index in [1.807, 2.05) is 0 Å². The Morgan fingerprint density at radius 3 is 1.84 bits per heavy atom. The largest absolute Gasteiger partial charge is 3.00 e. The van der Waals surface area contributed by atoms with Gasteiger partial charge >= 0.3 is 38.2 Å². The molecule has 2 heterocycles. The first-order valence-electron chi connectivity index (χ1n) is 7.16. The molecule has 0 aliphatic carbocycles. The van der Waals surface area contributed by atoms with Gasteiger partial charge < -0.3 is 51.7 Å². The summed E-state index contributed by atoms with van der Waals surface area (Å²) < 4.78 is 0. The van der Waals surface area contributed by atoms with E-state index < -0.39 is 16.1 Å². The van der Waals surface area contributed by atoms with E-state index in [-0.39, 0.29) is 44.0 Å². The van der Waals surface area contributed by atoms with Crippen molar-refractivity contribution in [2.45, 2.75) is 0 Å². The average Bonchev–Trinajstić information content (AvgIpc) is 2.75. The van der Waals surface area contributed by atoms with Gasteiger partial charge in [-0.1, -0.05) is 12.1 Å². The van der Waals surface area contributed by atoms with Gasteiger partial charge in [0.05, 0.1) is 10.2 Å². The second kappa shape index (κ2) is 24.9. The van der Waals surface area contributed by atoms with E-state index in [0.717, 1.165) is 14.2 Å². The number of rotatable bonds is 3. The fourth-order valence-corrected chi connectivity index (χ4v) is 1.21. The first-order chi connectivity index (χ1) is 14.2. The van der Waals surface area contributed by atoms with Crippen molar-refractivity contribution >= 4 is 11.7 Å². The van der Waals surface area contributed by atoms with Crippen molar-refractivity contribution in [3.8, 4) is 0 Å². The van der Waals surface area contributed by atoms with Gasteiger partial charge in [-0.3, -0.25) is 9.97 Å². The van der Waals surface area contributed by atoms with Crippen LogP contribution in [0.1, 0.15) is 11.3 Å². The second-order valence-corrected chi connectivity index (χ2v) is 3.79. The van der Waals surface area contributed by atoms with Crippen LogP contribution in [0, 0.1) is 68.8 Å². The molecule has 0 fully saturated rings. The molecular weight excluding hydrogens is 573 g/mol. The number of amidine groups is 1. The zero-order valence-corrected chi connectivity index (χ0v) is 18.0. The predicted molar refractivity (Wildman–Crippen MR) is 103 cm³/mol. The topological polar surface area (TPSA) is 272 Å². The molecule has 0 aliphatic heterocycles. The maximum absolute atomic E-state index is 11.6. The summed E-state index contributed by atoms with van der Waals surface area (Å²) >= 11 is 0. The van der Waals surface area contributed by atoms with Crippen molar-refractivity contribution in [3.05, 3.63) is 90.8 Å². The Hall–Kier alpha value is -3.17. The second-order valence-electron chi connectivity index (χ2n) is 3.79. The van der Waals surface area contributed by atoms with Gasteiger partial charge in [-0.05, 0) is 18.2 Å². The molecule has 0 atom stereocenters. The molecule has 0 bridgehead atoms. The molecule has 173 valence electrons. The molecular formula is C14H18DyN7O9. The Morgan fingerprint density at radius 2 is 1.45 bits per heavy atom. The number of nitrogens with zero attached hydrogens (tertiary/aromatic N) is 6. The van der Waals surface area contributed by atoms with Crippen molar-refractivity contribution in [1.29, 1.82) is 0 Å². The van der Waals surface area contributed by atoms with Crippen LogP contribution in [0.15, 0.2) is 59.1 Å². The summed E-state index contributed by atoms with van der Waals surface area (Å²) in [7, 11) is 2.00. The van der Waals surface area contributed by atoms with E-state index in [1.54, 1.807) is 42.7 Å². The summed E-state index contributed by atoms with van der Waals surface area (Å²) in [5.74, 6) is -0.408. The normalized spacial score (nSPS) is 9.16. The molecule has 0 unspecified atom stereocenters. The van der Waals surface area contributed by atoms with Crippen molar-refractivity contribution in [2.24, 2.45) is 15.9 Å². The van der Waals surface area contributed by atoms with E-state index in [4.69, 9.17) is 46.6 Å². The minimum atomic E-state index is -1.75. The fourth-order valence-electron chi connectivity index (χ4n) is 1.21. The summed E-state index contributed by atoms with van der Waals surface area (Å²) in [6.07, 6.45) is 4.57. The van der Waals surface area contributed by atoms with Crippen LogP contribution >= 0.6 is 0 Å². The molecule has 16 nitrogen and oxygen atoms in total. The molecule has 4 N–H and O–H groups in total. The van der Waals surface area contributed by atoms with E-state index in [1.165, 1.54) is 6.20 Å². The minimum Gasteiger partial charge on any atom is -0.857 e. The van der Waals surface area contributed by atoms with Gasteiger partial charge in [-0.25, -0.2) is 0 Å². The van der Waals surface area contributed by atoms with E-state index >= 15 is 0 Å². The number of hydrogen-bond acceptors (Lipinski definition) is 13. The van der Waals surface area contributed by atoms with Crippen molar-refractivity contribution in [2.75, 3.05) is 14.2 Å². The Balaban J connectivity index is -0.000000237. The fraction of sp³-hybridized carbons (Fsp3) is 0.143. The Morgan fingerprint density at radius 1 is 0.935 bits per heavy atom. The van der Waals surface area contributed by atoms with Gasteiger partial charge in [0.1, 0.15) is 5.69 Å². The summed E-state index contributed by atoms with van der Waals surface area (Å²) in [5, 5.41) is 62.3. The molecule has 2 rings (SSSR count). The van der Waals surface area contributed by atoms with Crippen LogP contribution in [0.3, 0.4) is 0 Å². The molecule has 0 amide bonds. The zero-order chi connectivity index (χ0) is 23.9.